The predicted octanol–water partition coefficient (Wildman–Crippen LogP) is 3.77. The lowest BCUT2D eigenvalue weighted by Gasteiger charge is -2.17. The van der Waals surface area contributed by atoms with Crippen LogP contribution in [0.3, 0.4) is 0 Å². The van der Waals surface area contributed by atoms with Crippen molar-refractivity contribution in [3.05, 3.63) is 60.9 Å². The summed E-state index contributed by atoms with van der Waals surface area (Å²) in [6, 6.07) is 3.65. The fourth-order valence-corrected chi connectivity index (χ4v) is 3.84. The highest BCUT2D eigenvalue weighted by molar-refractivity contribution is 7.72. The normalized spacial score (nSPS) is 12.4. The molecule has 1 heterocycles. The standard InChI is InChI=1S/C18H21ClF3N2O2P/c1-11-8-13(19)12(6-7-27(3,4)5)9-14(11)24-16(25)10-15(18(20,21)22)23(2)17(24)26/h8-10H,3,6-7H2,1-2,4-5H3. The first-order valence-corrected chi connectivity index (χ1v) is 11.5. The van der Waals surface area contributed by atoms with Gasteiger partial charge in [0, 0.05) is 18.1 Å². The Morgan fingerprint density at radius 1 is 1.19 bits per heavy atom. The Bertz CT molecular complexity index is 1050. The largest absolute Gasteiger partial charge is 0.431 e. The molecule has 0 fully saturated rings. The maximum absolute atomic E-state index is 13.0. The number of halogens is 4. The van der Waals surface area contributed by atoms with Crippen LogP contribution in [-0.4, -0.2) is 34.9 Å². The van der Waals surface area contributed by atoms with Crippen LogP contribution >= 0.6 is 18.5 Å². The SMILES string of the molecule is C=P(C)(C)CCc1cc(-n2c(=O)cc(C(F)(F)F)n(C)c2=O)c(C)cc1Cl. The third kappa shape index (κ3) is 4.77. The van der Waals surface area contributed by atoms with E-state index in [1.165, 1.54) is 0 Å². The Hall–Kier alpha value is -1.72. The molecule has 4 nitrogen and oxygen atoms in total. The molecular weight excluding hydrogens is 400 g/mol. The first kappa shape index (κ1) is 21.6. The molecule has 148 valence electrons. The third-order valence-electron chi connectivity index (χ3n) is 4.20. The molecule has 1 aromatic carbocycles. The molecule has 0 aliphatic rings. The topological polar surface area (TPSA) is 44.0 Å². The van der Waals surface area contributed by atoms with Crippen molar-refractivity contribution >= 4 is 24.8 Å². The van der Waals surface area contributed by atoms with Gasteiger partial charge >= 0.3 is 11.9 Å². The van der Waals surface area contributed by atoms with Gasteiger partial charge in [0.2, 0.25) is 0 Å². The molecular formula is C18H21ClF3N2O2P. The number of rotatable bonds is 4. The van der Waals surface area contributed by atoms with Crippen LogP contribution in [0.4, 0.5) is 13.2 Å². The average molecular weight is 421 g/mol. The first-order valence-electron chi connectivity index (χ1n) is 8.09. The van der Waals surface area contributed by atoms with Crippen LogP contribution in [0.15, 0.2) is 27.8 Å². The molecule has 27 heavy (non-hydrogen) atoms. The van der Waals surface area contributed by atoms with Crippen molar-refractivity contribution in [2.24, 2.45) is 7.05 Å². The molecule has 0 saturated carbocycles. The van der Waals surface area contributed by atoms with Crippen LogP contribution in [-0.2, 0) is 19.6 Å². The van der Waals surface area contributed by atoms with Gasteiger partial charge in [0.15, 0.2) is 0 Å². The van der Waals surface area contributed by atoms with Gasteiger partial charge in [-0.3, -0.25) is 9.36 Å². The monoisotopic (exact) mass is 420 g/mol. The third-order valence-corrected chi connectivity index (χ3v) is 5.99. The number of hydrogen-bond acceptors (Lipinski definition) is 2. The highest BCUT2D eigenvalue weighted by Crippen LogP contribution is 2.37. The van der Waals surface area contributed by atoms with Gasteiger partial charge in [-0.1, -0.05) is 11.6 Å². The minimum absolute atomic E-state index is 0.230. The number of aromatic nitrogens is 2. The van der Waals surface area contributed by atoms with Crippen LogP contribution < -0.4 is 11.2 Å². The van der Waals surface area contributed by atoms with Crippen LogP contribution in [0, 0.1) is 6.92 Å². The Morgan fingerprint density at radius 2 is 1.78 bits per heavy atom. The van der Waals surface area contributed by atoms with Crippen molar-refractivity contribution in [2.45, 2.75) is 19.5 Å². The summed E-state index contributed by atoms with van der Waals surface area (Å²) in [6.07, 6.45) is 0.761. The van der Waals surface area contributed by atoms with E-state index in [0.29, 0.717) is 27.6 Å². The summed E-state index contributed by atoms with van der Waals surface area (Å²) < 4.78 is 40.2. The summed E-state index contributed by atoms with van der Waals surface area (Å²) >= 11 is 6.29. The smallest absolute Gasteiger partial charge is 0.292 e. The second-order valence-electron chi connectivity index (χ2n) is 7.18. The number of aryl methyl sites for hydroxylation is 2. The molecule has 2 rings (SSSR count). The van der Waals surface area contributed by atoms with E-state index in [-0.39, 0.29) is 5.69 Å². The lowest BCUT2D eigenvalue weighted by molar-refractivity contribution is -0.144. The van der Waals surface area contributed by atoms with E-state index in [1.807, 2.05) is 0 Å². The molecule has 0 unspecified atom stereocenters. The summed E-state index contributed by atoms with van der Waals surface area (Å²) in [6.45, 7) is 4.48. The lowest BCUT2D eigenvalue weighted by atomic mass is 10.1. The van der Waals surface area contributed by atoms with Crippen molar-refractivity contribution in [1.82, 2.24) is 9.13 Å². The van der Waals surface area contributed by atoms with Gasteiger partial charge in [-0.25, -0.2) is 9.36 Å². The molecule has 0 radical (unpaired) electrons. The van der Waals surface area contributed by atoms with Gasteiger partial charge in [-0.2, -0.15) is 13.2 Å². The number of hydrogen-bond donors (Lipinski definition) is 0. The highest BCUT2D eigenvalue weighted by atomic mass is 35.5. The van der Waals surface area contributed by atoms with E-state index in [9.17, 15) is 22.8 Å². The summed E-state index contributed by atoms with van der Waals surface area (Å²) in [4.78, 5) is 24.8. The van der Waals surface area contributed by atoms with Gasteiger partial charge < -0.3 is 0 Å². The van der Waals surface area contributed by atoms with Gasteiger partial charge in [0.25, 0.3) is 5.56 Å². The molecule has 0 N–H and O–H groups in total. The zero-order valence-electron chi connectivity index (χ0n) is 15.5. The Kier molecular flexibility index (Phi) is 5.88. The Morgan fingerprint density at radius 3 is 2.30 bits per heavy atom. The van der Waals surface area contributed by atoms with Crippen molar-refractivity contribution in [2.75, 3.05) is 19.5 Å². The minimum atomic E-state index is -4.80. The van der Waals surface area contributed by atoms with Crippen LogP contribution in [0.1, 0.15) is 16.8 Å². The van der Waals surface area contributed by atoms with E-state index >= 15 is 0 Å². The maximum atomic E-state index is 13.0. The van der Waals surface area contributed by atoms with Gasteiger partial charge in [-0.15, -0.1) is 13.2 Å². The quantitative estimate of drug-likeness (QED) is 0.707. The second-order valence-corrected chi connectivity index (χ2v) is 11.9. The minimum Gasteiger partial charge on any atom is -0.292 e. The molecule has 9 heteroatoms. The Balaban J connectivity index is 2.69. The fourth-order valence-electron chi connectivity index (χ4n) is 2.68. The van der Waals surface area contributed by atoms with Crippen LogP contribution in [0.5, 0.6) is 0 Å². The molecule has 0 saturated heterocycles. The van der Waals surface area contributed by atoms with E-state index in [1.54, 1.807) is 19.1 Å². The molecule has 0 amide bonds. The number of nitrogens with zero attached hydrogens (tertiary/aromatic N) is 2. The van der Waals surface area contributed by atoms with E-state index < -0.39 is 30.0 Å². The molecule has 2 aromatic rings. The molecule has 0 bridgehead atoms. The summed E-state index contributed by atoms with van der Waals surface area (Å²) in [7, 11) is 0.989. The van der Waals surface area contributed by atoms with E-state index in [0.717, 1.165) is 23.3 Å². The molecule has 1 aromatic heterocycles. The fraction of sp³-hybridized carbons (Fsp3) is 0.389. The van der Waals surface area contributed by atoms with Gasteiger partial charge in [0.1, 0.15) is 5.69 Å². The predicted molar refractivity (Wildman–Crippen MR) is 106 cm³/mol. The van der Waals surface area contributed by atoms with Crippen LogP contribution in [0.2, 0.25) is 5.02 Å². The van der Waals surface area contributed by atoms with Crippen molar-refractivity contribution in [3.8, 4) is 5.69 Å². The zero-order valence-corrected chi connectivity index (χ0v) is 17.2. The van der Waals surface area contributed by atoms with Crippen molar-refractivity contribution in [1.29, 1.82) is 0 Å². The molecule has 0 spiro atoms. The Labute approximate surface area is 160 Å². The van der Waals surface area contributed by atoms with Crippen molar-refractivity contribution in [3.63, 3.8) is 0 Å². The molecule has 0 aliphatic heterocycles. The number of alkyl halides is 3. The molecule has 0 aliphatic carbocycles. The summed E-state index contributed by atoms with van der Waals surface area (Å²) in [5, 5.41) is 0.487. The average Bonchev–Trinajstić information content (AvgIpc) is 2.49. The first-order chi connectivity index (χ1) is 12.2. The van der Waals surface area contributed by atoms with Crippen molar-refractivity contribution < 1.29 is 13.2 Å². The second kappa shape index (κ2) is 7.36. The number of benzene rings is 1. The maximum Gasteiger partial charge on any atom is 0.431 e. The van der Waals surface area contributed by atoms with Crippen LogP contribution in [0.25, 0.3) is 5.69 Å². The lowest BCUT2D eigenvalue weighted by Crippen LogP contribution is -2.41. The zero-order chi connectivity index (χ0) is 20.7. The van der Waals surface area contributed by atoms with Gasteiger partial charge in [0.05, 0.1) is 5.69 Å². The van der Waals surface area contributed by atoms with Gasteiger partial charge in [-0.05, 0) is 56.1 Å². The summed E-state index contributed by atoms with van der Waals surface area (Å²) in [5.41, 5.74) is -1.91. The highest BCUT2D eigenvalue weighted by Gasteiger charge is 2.35. The molecule has 0 atom stereocenters. The van der Waals surface area contributed by atoms with E-state index in [2.05, 4.69) is 19.6 Å². The van der Waals surface area contributed by atoms with E-state index in [4.69, 9.17) is 11.6 Å². The summed E-state index contributed by atoms with van der Waals surface area (Å²) in [5.74, 6) is 0.